The molecule has 106 valence electrons. The molecule has 1 aliphatic heterocycles. The van der Waals surface area contributed by atoms with Crippen molar-refractivity contribution in [1.82, 2.24) is 0 Å². The minimum atomic E-state index is -0.0255. The van der Waals surface area contributed by atoms with Gasteiger partial charge in [0.1, 0.15) is 5.78 Å². The standard InChI is InChI=1S/C8H16O2.C6H10O2/c1-8(9)6-4-3-5-7-10-2;7-6-4-2-1-3-5-8-6/h3-7H2,1-2H3;1-5H2. The lowest BCUT2D eigenvalue weighted by Gasteiger charge is -1.96. The summed E-state index contributed by atoms with van der Waals surface area (Å²) in [6.07, 6.45) is 7.75. The van der Waals surface area contributed by atoms with Gasteiger partial charge in [-0.25, -0.2) is 0 Å². The van der Waals surface area contributed by atoms with E-state index in [0.29, 0.717) is 13.0 Å². The highest BCUT2D eigenvalue weighted by molar-refractivity contribution is 5.75. The summed E-state index contributed by atoms with van der Waals surface area (Å²) in [6.45, 7) is 3.09. The summed E-state index contributed by atoms with van der Waals surface area (Å²) in [4.78, 5) is 20.9. The van der Waals surface area contributed by atoms with Crippen molar-refractivity contribution >= 4 is 11.8 Å². The summed E-state index contributed by atoms with van der Waals surface area (Å²) < 4.78 is 9.63. The van der Waals surface area contributed by atoms with Gasteiger partial charge in [-0.05, 0) is 39.0 Å². The molecule has 0 aromatic rings. The Morgan fingerprint density at radius 2 is 2.00 bits per heavy atom. The molecule has 0 unspecified atom stereocenters. The van der Waals surface area contributed by atoms with Crippen molar-refractivity contribution in [2.45, 2.75) is 58.3 Å². The largest absolute Gasteiger partial charge is 0.466 e. The van der Waals surface area contributed by atoms with Crippen molar-refractivity contribution in [3.63, 3.8) is 0 Å². The average molecular weight is 258 g/mol. The number of esters is 1. The van der Waals surface area contributed by atoms with E-state index < -0.39 is 0 Å². The molecule has 0 radical (unpaired) electrons. The predicted molar refractivity (Wildman–Crippen MR) is 70.5 cm³/mol. The molecule has 0 spiro atoms. The van der Waals surface area contributed by atoms with Crippen LogP contribution in [0.4, 0.5) is 0 Å². The molecule has 0 amide bonds. The third-order valence-corrected chi connectivity index (χ3v) is 2.67. The molecule has 1 saturated heterocycles. The van der Waals surface area contributed by atoms with E-state index in [1.54, 1.807) is 14.0 Å². The molecule has 0 aliphatic carbocycles. The number of hydrogen-bond donors (Lipinski definition) is 0. The van der Waals surface area contributed by atoms with Gasteiger partial charge in [-0.1, -0.05) is 6.42 Å². The van der Waals surface area contributed by atoms with Gasteiger partial charge in [0.15, 0.2) is 0 Å². The SMILES string of the molecule is COCCCCCC(C)=O.O=C1CCCCCO1. The zero-order valence-corrected chi connectivity index (χ0v) is 11.7. The highest BCUT2D eigenvalue weighted by Crippen LogP contribution is 2.06. The molecule has 0 N–H and O–H groups in total. The molecule has 1 rings (SSSR count). The summed E-state index contributed by atoms with van der Waals surface area (Å²) in [5.41, 5.74) is 0. The molecule has 0 aromatic heterocycles. The molecule has 18 heavy (non-hydrogen) atoms. The quantitative estimate of drug-likeness (QED) is 0.543. The first-order chi connectivity index (χ1) is 8.66. The molecule has 1 fully saturated rings. The lowest BCUT2D eigenvalue weighted by atomic mass is 10.1. The van der Waals surface area contributed by atoms with E-state index in [1.165, 1.54) is 0 Å². The van der Waals surface area contributed by atoms with Gasteiger partial charge < -0.3 is 14.3 Å². The fraction of sp³-hybridized carbons (Fsp3) is 0.857. The van der Waals surface area contributed by atoms with Gasteiger partial charge in [-0.2, -0.15) is 0 Å². The second kappa shape index (κ2) is 12.6. The van der Waals surface area contributed by atoms with Crippen LogP contribution in [0.5, 0.6) is 0 Å². The Morgan fingerprint density at radius 3 is 2.67 bits per heavy atom. The van der Waals surface area contributed by atoms with E-state index in [2.05, 4.69) is 0 Å². The average Bonchev–Trinajstić information content (AvgIpc) is 2.57. The van der Waals surface area contributed by atoms with Crippen molar-refractivity contribution in [3.05, 3.63) is 0 Å². The monoisotopic (exact) mass is 258 g/mol. The van der Waals surface area contributed by atoms with Gasteiger partial charge in [0.25, 0.3) is 0 Å². The first kappa shape index (κ1) is 17.1. The fourth-order valence-corrected chi connectivity index (χ4v) is 1.60. The van der Waals surface area contributed by atoms with Gasteiger partial charge in [0.05, 0.1) is 6.61 Å². The molecular formula is C14H26O4. The van der Waals surface area contributed by atoms with Crippen LogP contribution in [0.1, 0.15) is 58.3 Å². The summed E-state index contributed by atoms with van der Waals surface area (Å²) in [7, 11) is 1.70. The third kappa shape index (κ3) is 13.2. The minimum absolute atomic E-state index is 0.0255. The maximum Gasteiger partial charge on any atom is 0.305 e. The fourth-order valence-electron chi connectivity index (χ4n) is 1.60. The van der Waals surface area contributed by atoms with E-state index in [0.717, 1.165) is 51.6 Å². The lowest BCUT2D eigenvalue weighted by molar-refractivity contribution is -0.142. The molecule has 1 heterocycles. The summed E-state index contributed by atoms with van der Waals surface area (Å²) in [5, 5.41) is 0. The Morgan fingerprint density at radius 1 is 1.22 bits per heavy atom. The minimum Gasteiger partial charge on any atom is -0.466 e. The first-order valence-electron chi connectivity index (χ1n) is 6.81. The lowest BCUT2D eigenvalue weighted by Crippen LogP contribution is -2.00. The van der Waals surface area contributed by atoms with Gasteiger partial charge in [-0.3, -0.25) is 4.79 Å². The normalized spacial score (nSPS) is 15.1. The Labute approximate surface area is 110 Å². The van der Waals surface area contributed by atoms with Crippen molar-refractivity contribution in [3.8, 4) is 0 Å². The number of carbonyl (C=O) groups is 2. The zero-order chi connectivity index (χ0) is 13.6. The highest BCUT2D eigenvalue weighted by Gasteiger charge is 2.05. The van der Waals surface area contributed by atoms with Crippen LogP contribution in [0.15, 0.2) is 0 Å². The predicted octanol–water partition coefficient (Wildman–Crippen LogP) is 2.89. The Hall–Kier alpha value is -0.900. The van der Waals surface area contributed by atoms with Gasteiger partial charge >= 0.3 is 5.97 Å². The van der Waals surface area contributed by atoms with Crippen molar-refractivity contribution in [2.75, 3.05) is 20.3 Å². The van der Waals surface area contributed by atoms with Crippen LogP contribution in [0.2, 0.25) is 0 Å². The van der Waals surface area contributed by atoms with Gasteiger partial charge in [0, 0.05) is 26.6 Å². The van der Waals surface area contributed by atoms with Crippen molar-refractivity contribution in [2.24, 2.45) is 0 Å². The highest BCUT2D eigenvalue weighted by atomic mass is 16.5. The molecule has 0 saturated carbocycles. The second-order valence-electron chi connectivity index (χ2n) is 4.54. The van der Waals surface area contributed by atoms with Crippen LogP contribution in [0.3, 0.4) is 0 Å². The topological polar surface area (TPSA) is 52.6 Å². The van der Waals surface area contributed by atoms with Crippen LogP contribution < -0.4 is 0 Å². The molecule has 0 atom stereocenters. The third-order valence-electron chi connectivity index (χ3n) is 2.67. The van der Waals surface area contributed by atoms with Crippen molar-refractivity contribution in [1.29, 1.82) is 0 Å². The molecule has 4 heteroatoms. The van der Waals surface area contributed by atoms with Crippen molar-refractivity contribution < 1.29 is 19.1 Å². The summed E-state index contributed by atoms with van der Waals surface area (Å²) in [5.74, 6) is 0.264. The number of methoxy groups -OCH3 is 1. The summed E-state index contributed by atoms with van der Waals surface area (Å²) in [6, 6.07) is 0. The second-order valence-corrected chi connectivity index (χ2v) is 4.54. The van der Waals surface area contributed by atoms with Crippen LogP contribution >= 0.6 is 0 Å². The van der Waals surface area contributed by atoms with Crippen LogP contribution in [-0.4, -0.2) is 32.1 Å². The van der Waals surface area contributed by atoms with Gasteiger partial charge in [-0.15, -0.1) is 0 Å². The smallest absolute Gasteiger partial charge is 0.305 e. The Balaban J connectivity index is 0.000000327. The van der Waals surface area contributed by atoms with Crippen LogP contribution in [0.25, 0.3) is 0 Å². The zero-order valence-electron chi connectivity index (χ0n) is 11.7. The molecule has 0 bridgehead atoms. The van der Waals surface area contributed by atoms with E-state index >= 15 is 0 Å². The van der Waals surface area contributed by atoms with Crippen LogP contribution in [-0.2, 0) is 19.1 Å². The maximum absolute atomic E-state index is 10.5. The van der Waals surface area contributed by atoms with Crippen LogP contribution in [0, 0.1) is 0 Å². The number of Topliss-reactive ketones (excluding diaryl/α,β-unsaturated/α-hetero) is 1. The first-order valence-corrected chi connectivity index (χ1v) is 6.81. The number of cyclic esters (lactones) is 1. The Bertz CT molecular complexity index is 216. The van der Waals surface area contributed by atoms with E-state index in [9.17, 15) is 9.59 Å². The molecule has 0 aromatic carbocycles. The summed E-state index contributed by atoms with van der Waals surface area (Å²) >= 11 is 0. The number of unbranched alkanes of at least 4 members (excludes halogenated alkanes) is 2. The van der Waals surface area contributed by atoms with E-state index in [1.807, 2.05) is 0 Å². The molecule has 1 aliphatic rings. The number of hydrogen-bond acceptors (Lipinski definition) is 4. The molecular weight excluding hydrogens is 232 g/mol. The number of ketones is 1. The van der Waals surface area contributed by atoms with E-state index in [-0.39, 0.29) is 11.8 Å². The number of carbonyl (C=O) groups excluding carboxylic acids is 2. The van der Waals surface area contributed by atoms with E-state index in [4.69, 9.17) is 9.47 Å². The van der Waals surface area contributed by atoms with Gasteiger partial charge in [0.2, 0.25) is 0 Å². The maximum atomic E-state index is 10.5. The Kier molecular flexibility index (Phi) is 11.9. The molecule has 4 nitrogen and oxygen atoms in total. The number of ether oxygens (including phenoxy) is 2. The number of rotatable bonds is 6.